The molecule has 0 unspecified atom stereocenters. The third kappa shape index (κ3) is 6.59. The van der Waals surface area contributed by atoms with Gasteiger partial charge in [0, 0.05) is 11.8 Å². The lowest BCUT2D eigenvalue weighted by atomic mass is 9.97. The minimum absolute atomic E-state index is 0.0558. The van der Waals surface area contributed by atoms with Crippen LogP contribution in [0, 0.1) is 5.82 Å². The molecule has 0 radical (unpaired) electrons. The van der Waals surface area contributed by atoms with Crippen LogP contribution in [0.5, 0.6) is 23.0 Å². The summed E-state index contributed by atoms with van der Waals surface area (Å²) < 4.78 is 43.8. The second-order valence-corrected chi connectivity index (χ2v) is 11.1. The molecule has 1 aromatic heterocycles. The van der Waals surface area contributed by atoms with Crippen LogP contribution in [0.1, 0.15) is 36.6 Å². The molecule has 5 rings (SSSR count). The number of hydrogen-bond donors (Lipinski definition) is 0. The minimum atomic E-state index is -0.835. The van der Waals surface area contributed by atoms with Gasteiger partial charge in [-0.05, 0) is 61.4 Å². The summed E-state index contributed by atoms with van der Waals surface area (Å²) in [5.74, 6) is 0.566. The van der Waals surface area contributed by atoms with Crippen LogP contribution in [0.3, 0.4) is 0 Å². The van der Waals surface area contributed by atoms with Crippen LogP contribution in [0.15, 0.2) is 76.2 Å². The molecule has 0 spiro atoms. The number of esters is 1. The number of carbonyl (C=O) groups excluding carboxylic acids is 1. The van der Waals surface area contributed by atoms with Crippen LogP contribution in [0.2, 0.25) is 5.02 Å². The zero-order valence-electron chi connectivity index (χ0n) is 25.0. The lowest BCUT2D eigenvalue weighted by molar-refractivity contribution is -0.136. The van der Waals surface area contributed by atoms with Crippen molar-refractivity contribution < 1.29 is 32.9 Å². The molecule has 0 bridgehead atoms. The molecule has 0 amide bonds. The second kappa shape index (κ2) is 14.0. The van der Waals surface area contributed by atoms with Crippen LogP contribution in [-0.2, 0) is 16.1 Å². The zero-order chi connectivity index (χ0) is 32.1. The number of benzene rings is 3. The topological polar surface area (TPSA) is 97.6 Å². The average Bonchev–Trinajstić information content (AvgIpc) is 3.35. The van der Waals surface area contributed by atoms with E-state index in [2.05, 4.69) is 4.99 Å². The Kier molecular flexibility index (Phi) is 9.90. The summed E-state index contributed by atoms with van der Waals surface area (Å²) in [5, 5.41) is 0.216. The molecule has 9 nitrogen and oxygen atoms in total. The van der Waals surface area contributed by atoms with Gasteiger partial charge in [-0.3, -0.25) is 9.36 Å². The third-order valence-electron chi connectivity index (χ3n) is 6.89. The maximum absolute atomic E-state index is 14.1. The fourth-order valence-corrected chi connectivity index (χ4v) is 6.11. The highest BCUT2D eigenvalue weighted by molar-refractivity contribution is 7.07. The normalized spacial score (nSPS) is 14.2. The standard InChI is InChI=1S/C33H30ClFN2O7S/c1-5-42-25-12-11-20(16-26(25)43-6-2)29-22(32(39)41-4)17-36-33-37(29)31(38)28(45-33)15-19-13-23(34)30(27(14-19)40-3)44-18-21-9-7-8-10-24(21)35/h7-17,29H,5-6,18H2,1-4H3/b28-15-/t29-/m0/s1. The van der Waals surface area contributed by atoms with Crippen LogP contribution >= 0.6 is 22.9 Å². The number of hydrogen-bond acceptors (Lipinski definition) is 9. The molecule has 1 atom stereocenters. The highest BCUT2D eigenvalue weighted by atomic mass is 35.5. The number of rotatable bonds is 11. The first kappa shape index (κ1) is 31.8. The van der Waals surface area contributed by atoms with Gasteiger partial charge in [0.05, 0.1) is 48.6 Å². The molecule has 2 heterocycles. The summed E-state index contributed by atoms with van der Waals surface area (Å²) in [7, 11) is 2.73. The number of aromatic nitrogens is 1. The van der Waals surface area contributed by atoms with Crippen molar-refractivity contribution in [3.05, 3.63) is 114 Å². The average molecular weight is 653 g/mol. The van der Waals surface area contributed by atoms with E-state index in [1.54, 1.807) is 54.6 Å². The van der Waals surface area contributed by atoms with Crippen molar-refractivity contribution in [1.82, 2.24) is 4.57 Å². The smallest absolute Gasteiger partial charge is 0.337 e. The summed E-state index contributed by atoms with van der Waals surface area (Å²) >= 11 is 7.73. The summed E-state index contributed by atoms with van der Waals surface area (Å²) in [6.45, 7) is 4.50. The van der Waals surface area contributed by atoms with Gasteiger partial charge in [-0.25, -0.2) is 14.2 Å². The van der Waals surface area contributed by atoms with Gasteiger partial charge in [0.25, 0.3) is 5.56 Å². The van der Waals surface area contributed by atoms with Crippen molar-refractivity contribution >= 4 is 35.0 Å². The molecule has 0 N–H and O–H groups in total. The van der Waals surface area contributed by atoms with Gasteiger partial charge in [-0.15, -0.1) is 0 Å². The van der Waals surface area contributed by atoms with Crippen molar-refractivity contribution in [3.63, 3.8) is 0 Å². The third-order valence-corrected chi connectivity index (χ3v) is 8.17. The number of thiazole rings is 1. The fraction of sp³-hybridized carbons (Fsp3) is 0.242. The largest absolute Gasteiger partial charge is 0.493 e. The van der Waals surface area contributed by atoms with Gasteiger partial charge in [0.15, 0.2) is 27.8 Å². The van der Waals surface area contributed by atoms with Gasteiger partial charge in [-0.2, -0.15) is 0 Å². The molecule has 12 heteroatoms. The molecule has 4 aromatic rings. The van der Waals surface area contributed by atoms with E-state index in [-0.39, 0.29) is 28.5 Å². The Morgan fingerprint density at radius 3 is 2.49 bits per heavy atom. The number of fused-ring (bicyclic) bond motifs is 1. The molecule has 0 fully saturated rings. The van der Waals surface area contributed by atoms with E-state index in [0.717, 1.165) is 11.3 Å². The Morgan fingerprint density at radius 2 is 1.78 bits per heavy atom. The maximum Gasteiger partial charge on any atom is 0.337 e. The maximum atomic E-state index is 14.1. The molecular weight excluding hydrogens is 623 g/mol. The van der Waals surface area contributed by atoms with Gasteiger partial charge in [-0.1, -0.05) is 47.2 Å². The van der Waals surface area contributed by atoms with E-state index >= 15 is 0 Å². The van der Waals surface area contributed by atoms with E-state index < -0.39 is 17.8 Å². The molecule has 1 aliphatic rings. The molecule has 234 valence electrons. The molecule has 1 aliphatic heterocycles. The van der Waals surface area contributed by atoms with E-state index in [0.29, 0.717) is 56.5 Å². The monoisotopic (exact) mass is 652 g/mol. The van der Waals surface area contributed by atoms with Gasteiger partial charge in [0.1, 0.15) is 12.4 Å². The Bertz CT molecular complexity index is 1950. The van der Waals surface area contributed by atoms with Gasteiger partial charge in [0.2, 0.25) is 0 Å². The summed E-state index contributed by atoms with van der Waals surface area (Å²) in [4.78, 5) is 31.6. The molecule has 0 saturated carbocycles. The first-order chi connectivity index (χ1) is 21.8. The number of ether oxygens (including phenoxy) is 5. The molecule has 3 aromatic carbocycles. The van der Waals surface area contributed by atoms with Crippen molar-refractivity contribution in [2.45, 2.75) is 26.5 Å². The fourth-order valence-electron chi connectivity index (χ4n) is 4.87. The van der Waals surface area contributed by atoms with E-state index in [1.807, 2.05) is 13.8 Å². The van der Waals surface area contributed by atoms with Crippen LogP contribution in [0.4, 0.5) is 4.39 Å². The summed E-state index contributed by atoms with van der Waals surface area (Å²) in [6.07, 6.45) is 3.07. The van der Waals surface area contributed by atoms with E-state index in [9.17, 15) is 14.0 Å². The lowest BCUT2D eigenvalue weighted by Crippen LogP contribution is -2.39. The van der Waals surface area contributed by atoms with E-state index in [4.69, 9.17) is 35.3 Å². The quantitative estimate of drug-likeness (QED) is 0.206. The summed E-state index contributed by atoms with van der Waals surface area (Å²) in [5.41, 5.74) is 1.35. The predicted octanol–water partition coefficient (Wildman–Crippen LogP) is 5.20. The SMILES string of the molecule is CCOc1ccc([C@H]2C(C(=O)OC)=CN=c3s/c(=C\c4cc(Cl)c(OCc5ccccc5F)c(OC)c4)c(=O)n32)cc1OCC. The van der Waals surface area contributed by atoms with Crippen molar-refractivity contribution in [2.24, 2.45) is 4.99 Å². The Labute approximate surface area is 267 Å². The van der Waals surface area contributed by atoms with Crippen molar-refractivity contribution in [2.75, 3.05) is 27.4 Å². The Balaban J connectivity index is 1.57. The van der Waals surface area contributed by atoms with Crippen molar-refractivity contribution in [1.29, 1.82) is 0 Å². The molecule has 0 saturated heterocycles. The second-order valence-electron chi connectivity index (χ2n) is 9.66. The van der Waals surface area contributed by atoms with E-state index in [1.165, 1.54) is 31.1 Å². The van der Waals surface area contributed by atoms with Crippen LogP contribution in [0.25, 0.3) is 6.08 Å². The van der Waals surface area contributed by atoms with Crippen molar-refractivity contribution in [3.8, 4) is 23.0 Å². The number of carbonyl (C=O) groups is 1. The first-order valence-electron chi connectivity index (χ1n) is 14.0. The molecule has 45 heavy (non-hydrogen) atoms. The Morgan fingerprint density at radius 1 is 1.02 bits per heavy atom. The highest BCUT2D eigenvalue weighted by Gasteiger charge is 2.31. The van der Waals surface area contributed by atoms with Crippen LogP contribution < -0.4 is 33.8 Å². The number of nitrogens with zero attached hydrogens (tertiary/aromatic N) is 2. The van der Waals surface area contributed by atoms with Gasteiger partial charge < -0.3 is 23.7 Å². The predicted molar refractivity (Wildman–Crippen MR) is 169 cm³/mol. The lowest BCUT2D eigenvalue weighted by Gasteiger charge is -2.23. The van der Waals surface area contributed by atoms with Gasteiger partial charge >= 0.3 is 5.97 Å². The van der Waals surface area contributed by atoms with Crippen LogP contribution in [-0.4, -0.2) is 38.0 Å². The number of methoxy groups -OCH3 is 2. The number of halogens is 2. The molecular formula is C33H30ClFN2O7S. The molecule has 0 aliphatic carbocycles. The summed E-state index contributed by atoms with van der Waals surface area (Å²) in [6, 6.07) is 14.0. The Hall–Kier alpha value is -4.61. The highest BCUT2D eigenvalue weighted by Crippen LogP contribution is 2.38. The zero-order valence-corrected chi connectivity index (χ0v) is 26.5. The first-order valence-corrected chi connectivity index (χ1v) is 15.2. The minimum Gasteiger partial charge on any atom is -0.493 e.